The summed E-state index contributed by atoms with van der Waals surface area (Å²) in [6.45, 7) is 4.28. The molecular weight excluding hydrogens is 276 g/mol. The molecule has 0 heterocycles. The molecule has 0 aliphatic heterocycles. The highest BCUT2D eigenvalue weighted by Crippen LogP contribution is 2.28. The molecule has 3 N–H and O–H groups in total. The molecule has 1 aromatic carbocycles. The van der Waals surface area contributed by atoms with Crippen LogP contribution in [0, 0.1) is 5.92 Å². The largest absolute Gasteiger partial charge is 0.393 e. The van der Waals surface area contributed by atoms with E-state index in [0.29, 0.717) is 18.2 Å². The third-order valence-electron chi connectivity index (χ3n) is 3.36. The van der Waals surface area contributed by atoms with Crippen LogP contribution in [-0.4, -0.2) is 32.2 Å². The molecule has 2 rings (SSSR count). The normalized spacial score (nSPS) is 22.6. The summed E-state index contributed by atoms with van der Waals surface area (Å²) in [6, 6.07) is 6.75. The number of aliphatic hydroxyl groups is 1. The molecule has 0 bridgehead atoms. The fourth-order valence-electron chi connectivity index (χ4n) is 2.34. The maximum absolute atomic E-state index is 12.3. The van der Waals surface area contributed by atoms with Crippen LogP contribution in [0.25, 0.3) is 0 Å². The third-order valence-corrected chi connectivity index (χ3v) is 5.08. The van der Waals surface area contributed by atoms with Gasteiger partial charge in [-0.25, -0.2) is 13.1 Å². The molecule has 0 aromatic heterocycles. The van der Waals surface area contributed by atoms with Gasteiger partial charge in [0.25, 0.3) is 0 Å². The molecule has 112 valence electrons. The fraction of sp³-hybridized carbons (Fsp3) is 0.571. The van der Waals surface area contributed by atoms with Gasteiger partial charge in [-0.15, -0.1) is 0 Å². The van der Waals surface area contributed by atoms with Crippen molar-refractivity contribution in [2.45, 2.75) is 43.7 Å². The molecule has 1 saturated carbocycles. The molecule has 1 fully saturated rings. The Morgan fingerprint density at radius 2 is 1.95 bits per heavy atom. The van der Waals surface area contributed by atoms with Gasteiger partial charge < -0.3 is 10.4 Å². The number of benzene rings is 1. The summed E-state index contributed by atoms with van der Waals surface area (Å²) in [4.78, 5) is 0.272. The van der Waals surface area contributed by atoms with E-state index < -0.39 is 10.0 Å². The fourth-order valence-corrected chi connectivity index (χ4v) is 3.78. The van der Waals surface area contributed by atoms with Gasteiger partial charge in [-0.2, -0.15) is 0 Å². The lowest BCUT2D eigenvalue weighted by Crippen LogP contribution is -2.34. The quantitative estimate of drug-likeness (QED) is 0.744. The number of para-hydroxylation sites is 1. The Morgan fingerprint density at radius 1 is 1.30 bits per heavy atom. The molecule has 5 nitrogen and oxygen atoms in total. The summed E-state index contributed by atoms with van der Waals surface area (Å²) in [5.74, 6) is 0.416. The summed E-state index contributed by atoms with van der Waals surface area (Å²) in [5, 5.41) is 12.4. The highest BCUT2D eigenvalue weighted by Gasteiger charge is 2.27. The van der Waals surface area contributed by atoms with Gasteiger partial charge in [-0.3, -0.25) is 0 Å². The smallest absolute Gasteiger partial charge is 0.242 e. The van der Waals surface area contributed by atoms with Crippen molar-refractivity contribution in [2.24, 2.45) is 5.92 Å². The number of aliphatic hydroxyl groups excluding tert-OH is 1. The number of sulfonamides is 1. The maximum atomic E-state index is 12.3. The summed E-state index contributed by atoms with van der Waals surface area (Å²) in [7, 11) is -3.50. The van der Waals surface area contributed by atoms with Crippen LogP contribution in [0.2, 0.25) is 0 Å². The summed E-state index contributed by atoms with van der Waals surface area (Å²) in [5.41, 5.74) is 0.613. The zero-order chi connectivity index (χ0) is 14.8. The molecule has 1 aliphatic rings. The SMILES string of the molecule is CC(C)NS(=O)(=O)c1ccccc1NCC1CC(O)C1. The van der Waals surface area contributed by atoms with E-state index in [1.165, 1.54) is 0 Å². The zero-order valence-corrected chi connectivity index (χ0v) is 12.7. The van der Waals surface area contributed by atoms with Crippen molar-refractivity contribution < 1.29 is 13.5 Å². The van der Waals surface area contributed by atoms with E-state index in [0.717, 1.165) is 12.8 Å². The van der Waals surface area contributed by atoms with Crippen molar-refractivity contribution in [1.29, 1.82) is 0 Å². The van der Waals surface area contributed by atoms with E-state index in [4.69, 9.17) is 0 Å². The molecule has 1 aromatic rings. The Labute approximate surface area is 120 Å². The number of hydrogen-bond acceptors (Lipinski definition) is 4. The van der Waals surface area contributed by atoms with Crippen molar-refractivity contribution in [3.05, 3.63) is 24.3 Å². The Hall–Kier alpha value is -1.11. The average Bonchev–Trinajstić information content (AvgIpc) is 2.32. The second-order valence-corrected chi connectivity index (χ2v) is 7.33. The van der Waals surface area contributed by atoms with Crippen molar-refractivity contribution >= 4 is 15.7 Å². The first-order chi connectivity index (χ1) is 9.38. The molecular formula is C14H22N2O3S. The van der Waals surface area contributed by atoms with Gasteiger partial charge >= 0.3 is 0 Å². The number of anilines is 1. The topological polar surface area (TPSA) is 78.4 Å². The Bertz CT molecular complexity index is 551. The van der Waals surface area contributed by atoms with Crippen LogP contribution in [0.3, 0.4) is 0 Å². The van der Waals surface area contributed by atoms with Gasteiger partial charge in [0.05, 0.1) is 11.8 Å². The van der Waals surface area contributed by atoms with E-state index >= 15 is 0 Å². The minimum atomic E-state index is -3.50. The van der Waals surface area contributed by atoms with Crippen LogP contribution in [0.1, 0.15) is 26.7 Å². The van der Waals surface area contributed by atoms with Gasteiger partial charge in [0.15, 0.2) is 0 Å². The number of nitrogens with one attached hydrogen (secondary N) is 2. The first-order valence-corrected chi connectivity index (χ1v) is 8.40. The van der Waals surface area contributed by atoms with Crippen molar-refractivity contribution in [2.75, 3.05) is 11.9 Å². The average molecular weight is 298 g/mol. The summed E-state index contributed by atoms with van der Waals surface area (Å²) >= 11 is 0. The molecule has 20 heavy (non-hydrogen) atoms. The van der Waals surface area contributed by atoms with Gasteiger partial charge in [-0.05, 0) is 44.7 Å². The molecule has 0 atom stereocenters. The monoisotopic (exact) mass is 298 g/mol. The van der Waals surface area contributed by atoms with Gasteiger partial charge in [0.1, 0.15) is 4.90 Å². The Morgan fingerprint density at radius 3 is 2.55 bits per heavy atom. The highest BCUT2D eigenvalue weighted by atomic mass is 32.2. The standard InChI is InChI=1S/C14H22N2O3S/c1-10(2)16-20(18,19)14-6-4-3-5-13(14)15-9-11-7-12(17)8-11/h3-6,10-12,15-17H,7-9H2,1-2H3. The van der Waals surface area contributed by atoms with Crippen molar-refractivity contribution in [3.8, 4) is 0 Å². The molecule has 0 saturated heterocycles. The van der Waals surface area contributed by atoms with Crippen LogP contribution in [0.15, 0.2) is 29.2 Å². The Kier molecular flexibility index (Phi) is 4.67. The molecule has 0 unspecified atom stereocenters. The van der Waals surface area contributed by atoms with E-state index in [-0.39, 0.29) is 17.0 Å². The molecule has 0 spiro atoms. The van der Waals surface area contributed by atoms with Crippen LogP contribution < -0.4 is 10.0 Å². The number of hydrogen-bond donors (Lipinski definition) is 3. The predicted octanol–water partition coefficient (Wildman–Crippen LogP) is 1.56. The minimum absolute atomic E-state index is 0.144. The third kappa shape index (κ3) is 3.71. The lowest BCUT2D eigenvalue weighted by molar-refractivity contribution is 0.0486. The van der Waals surface area contributed by atoms with Gasteiger partial charge in [0, 0.05) is 12.6 Å². The van der Waals surface area contributed by atoms with Crippen molar-refractivity contribution in [1.82, 2.24) is 4.72 Å². The molecule has 0 radical (unpaired) electrons. The van der Waals surface area contributed by atoms with Crippen LogP contribution in [0.5, 0.6) is 0 Å². The zero-order valence-electron chi connectivity index (χ0n) is 11.8. The molecule has 6 heteroatoms. The van der Waals surface area contributed by atoms with Crippen LogP contribution in [-0.2, 0) is 10.0 Å². The van der Waals surface area contributed by atoms with Crippen molar-refractivity contribution in [3.63, 3.8) is 0 Å². The summed E-state index contributed by atoms with van der Waals surface area (Å²) in [6.07, 6.45) is 1.38. The van der Waals surface area contributed by atoms with Gasteiger partial charge in [-0.1, -0.05) is 12.1 Å². The summed E-state index contributed by atoms with van der Waals surface area (Å²) < 4.78 is 27.1. The second-order valence-electron chi connectivity index (χ2n) is 5.64. The van der Waals surface area contributed by atoms with E-state index in [1.807, 2.05) is 6.07 Å². The lowest BCUT2D eigenvalue weighted by atomic mass is 9.82. The van der Waals surface area contributed by atoms with E-state index in [2.05, 4.69) is 10.0 Å². The van der Waals surface area contributed by atoms with Crippen LogP contribution in [0.4, 0.5) is 5.69 Å². The Balaban J connectivity index is 2.09. The first kappa shape index (κ1) is 15.3. The maximum Gasteiger partial charge on any atom is 0.242 e. The molecule has 1 aliphatic carbocycles. The molecule has 0 amide bonds. The predicted molar refractivity (Wildman–Crippen MR) is 79.1 cm³/mol. The highest BCUT2D eigenvalue weighted by molar-refractivity contribution is 7.89. The minimum Gasteiger partial charge on any atom is -0.393 e. The van der Waals surface area contributed by atoms with E-state index in [9.17, 15) is 13.5 Å². The van der Waals surface area contributed by atoms with E-state index in [1.54, 1.807) is 32.0 Å². The first-order valence-electron chi connectivity index (χ1n) is 6.92. The van der Waals surface area contributed by atoms with Crippen LogP contribution >= 0.6 is 0 Å². The van der Waals surface area contributed by atoms with Gasteiger partial charge in [0.2, 0.25) is 10.0 Å². The second kappa shape index (κ2) is 6.11. The lowest BCUT2D eigenvalue weighted by Gasteiger charge is -2.31. The number of rotatable bonds is 6.